The number of nitrogens with zero attached hydrogens (tertiary/aromatic N) is 1. The summed E-state index contributed by atoms with van der Waals surface area (Å²) in [5, 5.41) is 17.2. The van der Waals surface area contributed by atoms with Crippen molar-refractivity contribution in [3.8, 4) is 5.88 Å². The van der Waals surface area contributed by atoms with Crippen molar-refractivity contribution < 1.29 is 19.2 Å². The van der Waals surface area contributed by atoms with Crippen LogP contribution in [0.25, 0.3) is 0 Å². The Balaban J connectivity index is 1.51. The molecule has 1 amide bonds. The van der Waals surface area contributed by atoms with E-state index in [1.165, 1.54) is 50.3 Å². The first-order valence-electron chi connectivity index (χ1n) is 11.5. The smallest absolute Gasteiger partial charge is 0.291 e. The summed E-state index contributed by atoms with van der Waals surface area (Å²) in [6.45, 7) is 8.30. The lowest BCUT2D eigenvalue weighted by Crippen LogP contribution is -2.42. The van der Waals surface area contributed by atoms with Crippen LogP contribution in [0.4, 0.5) is 0 Å². The molecule has 1 aromatic rings. The van der Waals surface area contributed by atoms with Gasteiger partial charge < -0.3 is 19.7 Å². The van der Waals surface area contributed by atoms with Crippen molar-refractivity contribution in [3.63, 3.8) is 0 Å². The molecule has 3 aliphatic carbocycles. The number of hydrogen-bond donors (Lipinski definition) is 2. The molecule has 5 unspecified atom stereocenters. The predicted molar refractivity (Wildman–Crippen MR) is 117 cm³/mol. The molecule has 1 heterocycles. The fourth-order valence-electron chi connectivity index (χ4n) is 5.71. The summed E-state index contributed by atoms with van der Waals surface area (Å²) in [4.78, 5) is 13.9. The Kier molecular flexibility index (Phi) is 6.40. The molecule has 2 N–H and O–H groups in total. The maximum absolute atomic E-state index is 13.3. The molecule has 6 nitrogen and oxygen atoms in total. The fourth-order valence-corrected chi connectivity index (χ4v) is 6.61. The number of ether oxygens (including phenoxy) is 1. The van der Waals surface area contributed by atoms with Crippen molar-refractivity contribution in [2.24, 2.45) is 29.1 Å². The van der Waals surface area contributed by atoms with Gasteiger partial charge in [0.1, 0.15) is 4.90 Å². The minimum absolute atomic E-state index is 0.0114. The van der Waals surface area contributed by atoms with Gasteiger partial charge >= 0.3 is 0 Å². The third kappa shape index (κ3) is 4.52. The van der Waals surface area contributed by atoms with Crippen molar-refractivity contribution in [1.29, 1.82) is 0 Å². The van der Waals surface area contributed by atoms with E-state index < -0.39 is 0 Å². The van der Waals surface area contributed by atoms with Crippen LogP contribution in [0.1, 0.15) is 76.8 Å². The normalized spacial score (nSPS) is 30.5. The van der Waals surface area contributed by atoms with E-state index in [1.54, 1.807) is 0 Å². The van der Waals surface area contributed by atoms with E-state index >= 15 is 0 Å². The lowest BCUT2D eigenvalue weighted by atomic mass is 9.79. The number of rotatable bonds is 8. The maximum Gasteiger partial charge on any atom is 0.291 e. The molecular weight excluding hydrogens is 400 g/mol. The van der Waals surface area contributed by atoms with Gasteiger partial charge in [-0.25, -0.2) is 0 Å². The number of hydrogen-bond acceptors (Lipinski definition) is 6. The topological polar surface area (TPSA) is 84.6 Å². The third-order valence-corrected chi connectivity index (χ3v) is 8.17. The van der Waals surface area contributed by atoms with Gasteiger partial charge in [-0.1, -0.05) is 40.5 Å². The molecular formula is C23H36N2O4S. The van der Waals surface area contributed by atoms with Crippen LogP contribution in [-0.4, -0.2) is 40.7 Å². The molecule has 0 aliphatic heterocycles. The van der Waals surface area contributed by atoms with Crippen molar-refractivity contribution in [2.75, 3.05) is 13.2 Å². The summed E-state index contributed by atoms with van der Waals surface area (Å²) in [5.74, 6) is 3.29. The summed E-state index contributed by atoms with van der Waals surface area (Å²) >= 11 is 1.54. The number of amides is 1. The fraction of sp³-hybridized carbons (Fsp3) is 0.826. The van der Waals surface area contributed by atoms with Crippen LogP contribution in [0.15, 0.2) is 9.42 Å². The highest BCUT2D eigenvalue weighted by atomic mass is 32.2. The SMILES string of the molecule is CC(C)Sc1c(OCC(C)(C)CO)noc1C(=O)NC1C2CC3CCCC1C(C3)C2. The van der Waals surface area contributed by atoms with E-state index in [0.717, 1.165) is 11.8 Å². The first kappa shape index (κ1) is 22.0. The quantitative estimate of drug-likeness (QED) is 0.583. The summed E-state index contributed by atoms with van der Waals surface area (Å²) in [6.07, 6.45) is 7.76. The van der Waals surface area contributed by atoms with Crippen LogP contribution in [0, 0.1) is 29.1 Å². The Hall–Kier alpha value is -1.21. The second-order valence-corrected chi connectivity index (χ2v) is 12.2. The molecule has 7 heteroatoms. The molecule has 0 aromatic carbocycles. The predicted octanol–water partition coefficient (Wildman–Crippen LogP) is 4.52. The van der Waals surface area contributed by atoms with Gasteiger partial charge in [0.2, 0.25) is 5.76 Å². The van der Waals surface area contributed by atoms with Gasteiger partial charge in [-0.3, -0.25) is 4.79 Å². The van der Waals surface area contributed by atoms with E-state index in [9.17, 15) is 9.90 Å². The molecule has 30 heavy (non-hydrogen) atoms. The van der Waals surface area contributed by atoms with Crippen LogP contribution in [0.5, 0.6) is 5.88 Å². The van der Waals surface area contributed by atoms with Gasteiger partial charge in [0.25, 0.3) is 11.8 Å². The van der Waals surface area contributed by atoms with Crippen molar-refractivity contribution in [3.05, 3.63) is 5.76 Å². The van der Waals surface area contributed by atoms with Crippen LogP contribution in [0.3, 0.4) is 0 Å². The lowest BCUT2D eigenvalue weighted by molar-refractivity contribution is 0.0863. The molecule has 3 bridgehead atoms. The second kappa shape index (κ2) is 8.73. The average molecular weight is 437 g/mol. The monoisotopic (exact) mass is 436 g/mol. The maximum atomic E-state index is 13.3. The zero-order chi connectivity index (χ0) is 21.5. The van der Waals surface area contributed by atoms with Gasteiger partial charge in [0.15, 0.2) is 0 Å². The molecule has 3 fully saturated rings. The van der Waals surface area contributed by atoms with Crippen molar-refractivity contribution >= 4 is 17.7 Å². The summed E-state index contributed by atoms with van der Waals surface area (Å²) in [6, 6.07) is 0.257. The van der Waals surface area contributed by atoms with Gasteiger partial charge in [0, 0.05) is 16.7 Å². The number of thioether (sulfide) groups is 1. The number of carbonyl (C=O) groups excluding carboxylic acids is 1. The highest BCUT2D eigenvalue weighted by molar-refractivity contribution is 8.00. The standard InChI is InChI=1S/C23H36N2O4S/c1-13(2)30-20-19(29-25-22(20)28-12-23(3,4)11-26)21(27)24-18-16-9-14-6-5-7-17(18)15(8-14)10-16/h13-18,26H,5-12H2,1-4H3,(H,24,27). The van der Waals surface area contributed by atoms with E-state index in [1.807, 2.05) is 13.8 Å². The number of aliphatic hydroxyl groups excluding tert-OH is 1. The largest absolute Gasteiger partial charge is 0.474 e. The van der Waals surface area contributed by atoms with Crippen LogP contribution in [0.2, 0.25) is 0 Å². The van der Waals surface area contributed by atoms with Crippen molar-refractivity contribution in [2.45, 2.75) is 82.4 Å². The number of aliphatic hydroxyl groups is 1. The zero-order valence-electron chi connectivity index (χ0n) is 18.6. The first-order chi connectivity index (χ1) is 14.3. The highest BCUT2D eigenvalue weighted by Gasteiger charge is 2.49. The van der Waals surface area contributed by atoms with Crippen LogP contribution in [-0.2, 0) is 0 Å². The Morgan fingerprint density at radius 2 is 2.07 bits per heavy atom. The van der Waals surface area contributed by atoms with Crippen LogP contribution < -0.4 is 10.1 Å². The molecule has 1 aromatic heterocycles. The third-order valence-electron chi connectivity index (χ3n) is 7.11. The molecule has 5 atom stereocenters. The molecule has 3 saturated carbocycles. The minimum atomic E-state index is -0.389. The number of aromatic nitrogens is 1. The summed E-state index contributed by atoms with van der Waals surface area (Å²) < 4.78 is 11.4. The van der Waals surface area contributed by atoms with Gasteiger partial charge in [0.05, 0.1) is 13.2 Å². The van der Waals surface area contributed by atoms with Crippen molar-refractivity contribution in [1.82, 2.24) is 10.5 Å². The number of carbonyl (C=O) groups is 1. The Morgan fingerprint density at radius 1 is 1.30 bits per heavy atom. The second-order valence-electron chi connectivity index (χ2n) is 10.6. The van der Waals surface area contributed by atoms with E-state index in [-0.39, 0.29) is 35.0 Å². The van der Waals surface area contributed by atoms with Gasteiger partial charge in [-0.15, -0.1) is 11.8 Å². The zero-order valence-corrected chi connectivity index (χ0v) is 19.5. The number of nitrogens with one attached hydrogen (secondary N) is 1. The summed E-state index contributed by atoms with van der Waals surface area (Å²) in [7, 11) is 0. The molecule has 168 valence electrons. The van der Waals surface area contributed by atoms with Crippen LogP contribution >= 0.6 is 11.8 Å². The first-order valence-corrected chi connectivity index (χ1v) is 12.4. The molecule has 4 rings (SSSR count). The van der Waals surface area contributed by atoms with E-state index in [0.29, 0.717) is 29.2 Å². The van der Waals surface area contributed by atoms with Gasteiger partial charge in [-0.05, 0) is 54.5 Å². The minimum Gasteiger partial charge on any atom is -0.474 e. The molecule has 3 aliphatic rings. The highest BCUT2D eigenvalue weighted by Crippen LogP contribution is 2.53. The Morgan fingerprint density at radius 3 is 2.80 bits per heavy atom. The van der Waals surface area contributed by atoms with Gasteiger partial charge in [-0.2, -0.15) is 0 Å². The van der Waals surface area contributed by atoms with E-state index in [2.05, 4.69) is 24.3 Å². The van der Waals surface area contributed by atoms with E-state index in [4.69, 9.17) is 9.26 Å². The lowest BCUT2D eigenvalue weighted by Gasteiger charge is -2.29. The summed E-state index contributed by atoms with van der Waals surface area (Å²) in [5.41, 5.74) is -0.389. The Bertz CT molecular complexity index is 762. The Labute approximate surface area is 183 Å². The molecule has 0 saturated heterocycles. The average Bonchev–Trinajstić information content (AvgIpc) is 3.13. The molecule has 0 spiro atoms. The molecule has 0 radical (unpaired) electrons. The number of fused-ring (bicyclic) bond motifs is 2.